The molecule has 0 amide bonds. The zero-order valence-electron chi connectivity index (χ0n) is 16.4. The van der Waals surface area contributed by atoms with Crippen molar-refractivity contribution in [2.45, 2.75) is 45.2 Å². The van der Waals surface area contributed by atoms with E-state index in [4.69, 9.17) is 14.2 Å². The molecule has 0 radical (unpaired) electrons. The first-order valence-corrected chi connectivity index (χ1v) is 8.87. The van der Waals surface area contributed by atoms with Crippen LogP contribution in [0.1, 0.15) is 38.2 Å². The second-order valence-electron chi connectivity index (χ2n) is 6.56. The number of hydrogen-bond donors (Lipinski definition) is 2. The maximum absolute atomic E-state index is 5.41. The van der Waals surface area contributed by atoms with Crippen molar-refractivity contribution in [3.8, 4) is 17.2 Å². The van der Waals surface area contributed by atoms with E-state index in [1.54, 1.807) is 28.4 Å². The van der Waals surface area contributed by atoms with Crippen LogP contribution in [0.5, 0.6) is 17.2 Å². The number of halogens is 1. The molecule has 148 valence electrons. The minimum Gasteiger partial charge on any atom is -0.493 e. The molecule has 2 rings (SSSR count). The normalized spacial score (nSPS) is 20.0. The molecular formula is C19H32IN3O3. The van der Waals surface area contributed by atoms with E-state index in [1.165, 1.54) is 25.7 Å². The largest absolute Gasteiger partial charge is 0.493 e. The molecule has 2 N–H and O–H groups in total. The van der Waals surface area contributed by atoms with E-state index in [0.717, 1.165) is 17.4 Å². The number of benzene rings is 1. The second kappa shape index (κ2) is 11.4. The molecule has 0 atom stereocenters. The maximum atomic E-state index is 5.41. The number of rotatable bonds is 6. The molecule has 0 heterocycles. The first-order chi connectivity index (χ1) is 12.1. The molecule has 0 saturated heterocycles. The van der Waals surface area contributed by atoms with Crippen molar-refractivity contribution >= 4 is 29.9 Å². The van der Waals surface area contributed by atoms with Crippen LogP contribution in [0.4, 0.5) is 0 Å². The van der Waals surface area contributed by atoms with Gasteiger partial charge in [-0.25, -0.2) is 0 Å². The average Bonchev–Trinajstić information content (AvgIpc) is 2.65. The molecule has 1 aliphatic carbocycles. The number of nitrogens with one attached hydrogen (secondary N) is 2. The lowest BCUT2D eigenvalue weighted by atomic mass is 9.87. The number of ether oxygens (including phenoxy) is 3. The van der Waals surface area contributed by atoms with Crippen LogP contribution in [0.2, 0.25) is 0 Å². The molecule has 6 nitrogen and oxygen atoms in total. The van der Waals surface area contributed by atoms with Gasteiger partial charge in [0.2, 0.25) is 5.75 Å². The van der Waals surface area contributed by atoms with Gasteiger partial charge in [0.15, 0.2) is 17.5 Å². The number of guanidine groups is 1. The lowest BCUT2D eigenvalue weighted by Gasteiger charge is -2.28. The summed E-state index contributed by atoms with van der Waals surface area (Å²) < 4.78 is 16.2. The number of hydrogen-bond acceptors (Lipinski definition) is 4. The quantitative estimate of drug-likeness (QED) is 0.373. The van der Waals surface area contributed by atoms with Crippen LogP contribution in [0.15, 0.2) is 17.1 Å². The monoisotopic (exact) mass is 477 g/mol. The van der Waals surface area contributed by atoms with Crippen LogP contribution < -0.4 is 24.8 Å². The Hall–Kier alpha value is -1.38. The standard InChI is InChI=1S/C19H31N3O3.HI/c1-13-6-8-15(9-7-13)22-19(20-2)21-12-14-10-16(23-3)18(25-5)17(11-14)24-4;/h10-11,13,15H,6-9,12H2,1-5H3,(H2,20,21,22);1H. The highest BCUT2D eigenvalue weighted by Gasteiger charge is 2.19. The van der Waals surface area contributed by atoms with E-state index in [-0.39, 0.29) is 24.0 Å². The summed E-state index contributed by atoms with van der Waals surface area (Å²) in [4.78, 5) is 4.34. The molecule has 0 spiro atoms. The number of methoxy groups -OCH3 is 3. The van der Waals surface area contributed by atoms with E-state index >= 15 is 0 Å². The smallest absolute Gasteiger partial charge is 0.203 e. The third-order valence-corrected chi connectivity index (χ3v) is 4.76. The fourth-order valence-electron chi connectivity index (χ4n) is 3.22. The highest BCUT2D eigenvalue weighted by Crippen LogP contribution is 2.38. The summed E-state index contributed by atoms with van der Waals surface area (Å²) in [6.07, 6.45) is 4.96. The predicted octanol–water partition coefficient (Wildman–Crippen LogP) is 3.57. The summed E-state index contributed by atoms with van der Waals surface area (Å²) in [7, 11) is 6.66. The Labute approximate surface area is 174 Å². The topological polar surface area (TPSA) is 64.1 Å². The molecule has 0 unspecified atom stereocenters. The molecule has 0 aliphatic heterocycles. The van der Waals surface area contributed by atoms with Gasteiger partial charge in [0, 0.05) is 19.6 Å². The van der Waals surface area contributed by atoms with Crippen LogP contribution >= 0.6 is 24.0 Å². The van der Waals surface area contributed by atoms with E-state index in [1.807, 2.05) is 12.1 Å². The van der Waals surface area contributed by atoms with Gasteiger partial charge in [0.1, 0.15) is 0 Å². The van der Waals surface area contributed by atoms with Crippen molar-refractivity contribution in [2.24, 2.45) is 10.9 Å². The van der Waals surface area contributed by atoms with E-state index < -0.39 is 0 Å². The third-order valence-electron chi connectivity index (χ3n) is 4.76. The van der Waals surface area contributed by atoms with Crippen LogP contribution in [0, 0.1) is 5.92 Å². The lowest BCUT2D eigenvalue weighted by Crippen LogP contribution is -2.44. The number of nitrogens with zero attached hydrogens (tertiary/aromatic N) is 1. The van der Waals surface area contributed by atoms with Crippen LogP contribution in [-0.2, 0) is 6.54 Å². The van der Waals surface area contributed by atoms with Crippen molar-refractivity contribution < 1.29 is 14.2 Å². The van der Waals surface area contributed by atoms with E-state index in [2.05, 4.69) is 22.5 Å². The van der Waals surface area contributed by atoms with E-state index in [0.29, 0.717) is 29.8 Å². The SMILES string of the molecule is CN=C(NCc1cc(OC)c(OC)c(OC)c1)NC1CCC(C)CC1.I. The van der Waals surface area contributed by atoms with Gasteiger partial charge in [-0.3, -0.25) is 4.99 Å². The van der Waals surface area contributed by atoms with Gasteiger partial charge in [0.25, 0.3) is 0 Å². The van der Waals surface area contributed by atoms with Gasteiger partial charge in [0.05, 0.1) is 21.3 Å². The summed E-state index contributed by atoms with van der Waals surface area (Å²) in [5.41, 5.74) is 1.04. The lowest BCUT2D eigenvalue weighted by molar-refractivity contribution is 0.323. The van der Waals surface area contributed by atoms with Gasteiger partial charge in [-0.05, 0) is 49.3 Å². The fraction of sp³-hybridized carbons (Fsp3) is 0.632. The molecule has 1 saturated carbocycles. The summed E-state index contributed by atoms with van der Waals surface area (Å²) >= 11 is 0. The molecule has 26 heavy (non-hydrogen) atoms. The molecular weight excluding hydrogens is 445 g/mol. The summed E-state index contributed by atoms with van der Waals surface area (Å²) in [6, 6.07) is 4.40. The maximum Gasteiger partial charge on any atom is 0.203 e. The van der Waals surface area contributed by atoms with Crippen LogP contribution in [0.3, 0.4) is 0 Å². The Bertz CT molecular complexity index is 562. The molecule has 1 aromatic carbocycles. The Morgan fingerprint density at radius 2 is 1.62 bits per heavy atom. The molecule has 0 aromatic heterocycles. The van der Waals surface area contributed by atoms with Gasteiger partial charge >= 0.3 is 0 Å². The van der Waals surface area contributed by atoms with Gasteiger partial charge in [-0.1, -0.05) is 6.92 Å². The molecule has 1 aliphatic rings. The average molecular weight is 477 g/mol. The van der Waals surface area contributed by atoms with Gasteiger partial charge in [-0.15, -0.1) is 24.0 Å². The Balaban J connectivity index is 0.00000338. The van der Waals surface area contributed by atoms with Crippen LogP contribution in [-0.4, -0.2) is 40.4 Å². The molecule has 1 fully saturated rings. The highest BCUT2D eigenvalue weighted by molar-refractivity contribution is 14.0. The first-order valence-electron chi connectivity index (χ1n) is 8.87. The van der Waals surface area contributed by atoms with Crippen molar-refractivity contribution in [3.63, 3.8) is 0 Å². The summed E-state index contributed by atoms with van der Waals surface area (Å²) in [6.45, 7) is 2.95. The van der Waals surface area contributed by atoms with Crippen molar-refractivity contribution in [1.29, 1.82) is 0 Å². The molecule has 0 bridgehead atoms. The minimum absolute atomic E-state index is 0. The fourth-order valence-corrected chi connectivity index (χ4v) is 3.22. The first kappa shape index (κ1) is 22.7. The third kappa shape index (κ3) is 6.10. The number of aliphatic imine (C=N–C) groups is 1. The minimum atomic E-state index is 0. The van der Waals surface area contributed by atoms with E-state index in [9.17, 15) is 0 Å². The van der Waals surface area contributed by atoms with Gasteiger partial charge in [-0.2, -0.15) is 0 Å². The zero-order chi connectivity index (χ0) is 18.2. The molecule has 7 heteroatoms. The van der Waals surface area contributed by atoms with Crippen molar-refractivity contribution in [1.82, 2.24) is 10.6 Å². The van der Waals surface area contributed by atoms with Crippen molar-refractivity contribution in [3.05, 3.63) is 17.7 Å². The zero-order valence-corrected chi connectivity index (χ0v) is 18.8. The summed E-state index contributed by atoms with van der Waals surface area (Å²) in [5.74, 6) is 3.58. The Morgan fingerprint density at radius 3 is 2.08 bits per heavy atom. The Kier molecular flexibility index (Phi) is 9.90. The second-order valence-corrected chi connectivity index (χ2v) is 6.56. The highest BCUT2D eigenvalue weighted by atomic mass is 127. The Morgan fingerprint density at radius 1 is 1.04 bits per heavy atom. The summed E-state index contributed by atoms with van der Waals surface area (Å²) in [5, 5.41) is 6.90. The molecule has 1 aromatic rings. The van der Waals surface area contributed by atoms with Crippen molar-refractivity contribution in [2.75, 3.05) is 28.4 Å². The van der Waals surface area contributed by atoms with Gasteiger partial charge < -0.3 is 24.8 Å². The van der Waals surface area contributed by atoms with Crippen LogP contribution in [0.25, 0.3) is 0 Å². The predicted molar refractivity (Wildman–Crippen MR) is 116 cm³/mol.